The van der Waals surface area contributed by atoms with E-state index >= 15 is 0 Å². The Kier molecular flexibility index (Phi) is 3.43. The maximum atomic E-state index is 6.15. The van der Waals surface area contributed by atoms with E-state index in [1.165, 1.54) is 0 Å². The van der Waals surface area contributed by atoms with Crippen LogP contribution in [-0.2, 0) is 0 Å². The molecule has 2 aromatic carbocycles. The van der Waals surface area contributed by atoms with Crippen LogP contribution >= 0.6 is 11.3 Å². The highest BCUT2D eigenvalue weighted by molar-refractivity contribution is 7.18. The number of thiazole rings is 1. The van der Waals surface area contributed by atoms with Crippen LogP contribution in [0.25, 0.3) is 10.2 Å². The minimum Gasteiger partial charge on any atom is -0.397 e. The average Bonchev–Trinajstić information content (AvgIpc) is 2.78. The predicted octanol–water partition coefficient (Wildman–Crippen LogP) is 4.00. The van der Waals surface area contributed by atoms with Crippen molar-refractivity contribution < 1.29 is 0 Å². The second-order valence-electron chi connectivity index (χ2n) is 5.21. The van der Waals surface area contributed by atoms with E-state index in [1.807, 2.05) is 45.3 Å². The van der Waals surface area contributed by atoms with Gasteiger partial charge in [0.25, 0.3) is 0 Å². The number of hydrogen-bond donors (Lipinski definition) is 2. The van der Waals surface area contributed by atoms with E-state index < -0.39 is 0 Å². The molecule has 3 N–H and O–H groups in total. The van der Waals surface area contributed by atoms with Crippen molar-refractivity contribution in [3.8, 4) is 0 Å². The molecule has 0 spiro atoms. The fourth-order valence-corrected chi connectivity index (χ4v) is 3.09. The summed E-state index contributed by atoms with van der Waals surface area (Å²) in [5.74, 6) is 0. The molecule has 0 amide bonds. The van der Waals surface area contributed by atoms with Crippen molar-refractivity contribution in [2.24, 2.45) is 0 Å². The van der Waals surface area contributed by atoms with Crippen molar-refractivity contribution in [1.82, 2.24) is 4.98 Å². The van der Waals surface area contributed by atoms with Gasteiger partial charge in [-0.1, -0.05) is 6.07 Å². The van der Waals surface area contributed by atoms with E-state index in [2.05, 4.69) is 27.3 Å². The summed E-state index contributed by atoms with van der Waals surface area (Å²) in [6, 6.07) is 12.2. The average molecular weight is 298 g/mol. The summed E-state index contributed by atoms with van der Waals surface area (Å²) < 4.78 is 1.12. The molecular weight excluding hydrogens is 280 g/mol. The van der Waals surface area contributed by atoms with E-state index in [0.717, 1.165) is 38.0 Å². The topological polar surface area (TPSA) is 54.2 Å². The van der Waals surface area contributed by atoms with Crippen molar-refractivity contribution in [3.63, 3.8) is 0 Å². The molecule has 3 aromatic rings. The molecule has 4 nitrogen and oxygen atoms in total. The number of anilines is 4. The third-order valence-corrected chi connectivity index (χ3v) is 4.24. The Bertz CT molecular complexity index is 792. The van der Waals surface area contributed by atoms with Crippen LogP contribution in [0.2, 0.25) is 0 Å². The minimum absolute atomic E-state index is 0.737. The van der Waals surface area contributed by atoms with Gasteiger partial charge in [0, 0.05) is 25.5 Å². The molecule has 0 aliphatic carbocycles. The molecule has 0 aliphatic heterocycles. The minimum atomic E-state index is 0.737. The van der Waals surface area contributed by atoms with Gasteiger partial charge in [-0.25, -0.2) is 4.98 Å². The monoisotopic (exact) mass is 298 g/mol. The van der Waals surface area contributed by atoms with Crippen LogP contribution < -0.4 is 16.0 Å². The highest BCUT2D eigenvalue weighted by Gasteiger charge is 2.07. The molecule has 5 heteroatoms. The van der Waals surface area contributed by atoms with Crippen LogP contribution in [0.3, 0.4) is 0 Å². The van der Waals surface area contributed by atoms with Gasteiger partial charge in [0.15, 0.2) is 0 Å². The molecule has 0 saturated heterocycles. The smallest absolute Gasteiger partial charge is 0.0907 e. The number of benzene rings is 2. The van der Waals surface area contributed by atoms with Gasteiger partial charge in [0.1, 0.15) is 0 Å². The number of nitrogens with one attached hydrogen (secondary N) is 1. The lowest BCUT2D eigenvalue weighted by atomic mass is 10.2. The Morgan fingerprint density at radius 2 is 2.00 bits per heavy atom. The zero-order valence-corrected chi connectivity index (χ0v) is 13.2. The molecule has 0 aliphatic rings. The van der Waals surface area contributed by atoms with Crippen molar-refractivity contribution in [2.45, 2.75) is 6.92 Å². The first-order valence-electron chi connectivity index (χ1n) is 6.74. The predicted molar refractivity (Wildman–Crippen MR) is 92.8 cm³/mol. The van der Waals surface area contributed by atoms with Crippen LogP contribution in [0.5, 0.6) is 0 Å². The molecule has 108 valence electrons. The Balaban J connectivity index is 1.97. The number of nitrogen functional groups attached to an aromatic ring is 1. The Morgan fingerprint density at radius 1 is 1.19 bits per heavy atom. The summed E-state index contributed by atoms with van der Waals surface area (Å²) in [6.45, 7) is 2.01. The Hall–Kier alpha value is -2.27. The van der Waals surface area contributed by atoms with E-state index in [4.69, 9.17) is 5.73 Å². The Labute approximate surface area is 128 Å². The molecule has 0 saturated carbocycles. The summed E-state index contributed by atoms with van der Waals surface area (Å²) in [5, 5.41) is 4.43. The number of nitrogens with two attached hydrogens (primary N) is 1. The summed E-state index contributed by atoms with van der Waals surface area (Å²) >= 11 is 1.66. The third-order valence-electron chi connectivity index (χ3n) is 3.31. The summed E-state index contributed by atoms with van der Waals surface area (Å²) in [4.78, 5) is 6.59. The summed E-state index contributed by atoms with van der Waals surface area (Å²) in [5.41, 5.74) is 10.9. The lowest BCUT2D eigenvalue weighted by Crippen LogP contribution is -2.08. The normalized spacial score (nSPS) is 10.8. The van der Waals surface area contributed by atoms with Crippen molar-refractivity contribution in [3.05, 3.63) is 41.4 Å². The SMILES string of the molecule is Cc1nc2cc(Nc3cccc(N(C)C)c3)c(N)cc2s1. The van der Waals surface area contributed by atoms with E-state index in [9.17, 15) is 0 Å². The first-order chi connectivity index (χ1) is 10.0. The highest BCUT2D eigenvalue weighted by atomic mass is 32.1. The number of nitrogens with zero attached hydrogens (tertiary/aromatic N) is 2. The standard InChI is InChI=1S/C16H18N4S/c1-10-18-15-9-14(13(17)8-16(15)21-10)19-11-5-4-6-12(7-11)20(2)3/h4-9,19H,17H2,1-3H3. The molecule has 0 bridgehead atoms. The highest BCUT2D eigenvalue weighted by Crippen LogP contribution is 2.32. The molecule has 0 fully saturated rings. The van der Waals surface area contributed by atoms with E-state index in [-0.39, 0.29) is 0 Å². The maximum Gasteiger partial charge on any atom is 0.0907 e. The van der Waals surface area contributed by atoms with E-state index in [1.54, 1.807) is 11.3 Å². The molecule has 21 heavy (non-hydrogen) atoms. The van der Waals surface area contributed by atoms with Gasteiger partial charge in [-0.15, -0.1) is 11.3 Å². The number of aryl methyl sites for hydroxylation is 1. The van der Waals surface area contributed by atoms with Crippen molar-refractivity contribution in [2.75, 3.05) is 30.0 Å². The second kappa shape index (κ2) is 5.26. The lowest BCUT2D eigenvalue weighted by molar-refractivity contribution is 1.13. The first kappa shape index (κ1) is 13.7. The van der Waals surface area contributed by atoms with Crippen LogP contribution in [-0.4, -0.2) is 19.1 Å². The first-order valence-corrected chi connectivity index (χ1v) is 7.55. The summed E-state index contributed by atoms with van der Waals surface area (Å²) in [7, 11) is 4.05. The zero-order chi connectivity index (χ0) is 15.0. The van der Waals surface area contributed by atoms with Gasteiger partial charge in [-0.3, -0.25) is 0 Å². The van der Waals surface area contributed by atoms with Gasteiger partial charge in [-0.2, -0.15) is 0 Å². The van der Waals surface area contributed by atoms with Crippen molar-refractivity contribution in [1.29, 1.82) is 0 Å². The van der Waals surface area contributed by atoms with E-state index in [0.29, 0.717) is 0 Å². The number of aromatic nitrogens is 1. The van der Waals surface area contributed by atoms with Crippen LogP contribution in [0.15, 0.2) is 36.4 Å². The van der Waals surface area contributed by atoms with Crippen LogP contribution in [0.4, 0.5) is 22.7 Å². The zero-order valence-electron chi connectivity index (χ0n) is 12.3. The number of fused-ring (bicyclic) bond motifs is 1. The summed E-state index contributed by atoms with van der Waals surface area (Å²) in [6.07, 6.45) is 0. The molecule has 0 unspecified atom stereocenters. The molecule has 3 rings (SSSR count). The van der Waals surface area contributed by atoms with Crippen LogP contribution in [0.1, 0.15) is 5.01 Å². The van der Waals surface area contributed by atoms with Gasteiger partial charge in [0.2, 0.25) is 0 Å². The number of hydrogen-bond acceptors (Lipinski definition) is 5. The van der Waals surface area contributed by atoms with Gasteiger partial charge in [-0.05, 0) is 37.3 Å². The molecule has 0 atom stereocenters. The molecule has 0 radical (unpaired) electrons. The lowest BCUT2D eigenvalue weighted by Gasteiger charge is -2.15. The maximum absolute atomic E-state index is 6.15. The fraction of sp³-hybridized carbons (Fsp3) is 0.188. The number of rotatable bonds is 3. The fourth-order valence-electron chi connectivity index (χ4n) is 2.23. The largest absolute Gasteiger partial charge is 0.397 e. The van der Waals surface area contributed by atoms with Gasteiger partial charge in [0.05, 0.1) is 26.6 Å². The quantitative estimate of drug-likeness (QED) is 0.718. The van der Waals surface area contributed by atoms with Crippen LogP contribution in [0, 0.1) is 6.92 Å². The van der Waals surface area contributed by atoms with Gasteiger partial charge < -0.3 is 16.0 Å². The second-order valence-corrected chi connectivity index (χ2v) is 6.44. The Morgan fingerprint density at radius 3 is 2.76 bits per heavy atom. The molecule has 1 heterocycles. The molecule has 1 aromatic heterocycles. The third kappa shape index (κ3) is 2.78. The van der Waals surface area contributed by atoms with Gasteiger partial charge >= 0.3 is 0 Å². The molecular formula is C16H18N4S. The van der Waals surface area contributed by atoms with Crippen molar-refractivity contribution >= 4 is 44.3 Å².